The molecule has 1 aromatic rings. The molecule has 0 unspecified atom stereocenters. The zero-order valence-corrected chi connectivity index (χ0v) is 12.3. The predicted molar refractivity (Wildman–Crippen MR) is 78.4 cm³/mol. The Morgan fingerprint density at radius 3 is 2.67 bits per heavy atom. The lowest BCUT2D eigenvalue weighted by Crippen LogP contribution is -2.42. The van der Waals surface area contributed by atoms with Gasteiger partial charge in [-0.3, -0.25) is 9.59 Å². The second-order valence-electron chi connectivity index (χ2n) is 5.42. The van der Waals surface area contributed by atoms with Gasteiger partial charge in [-0.2, -0.15) is 0 Å². The maximum atomic E-state index is 13.1. The van der Waals surface area contributed by atoms with Gasteiger partial charge in [-0.1, -0.05) is 18.9 Å². The first-order chi connectivity index (χ1) is 10.1. The van der Waals surface area contributed by atoms with E-state index >= 15 is 0 Å². The van der Waals surface area contributed by atoms with Gasteiger partial charge in [0.05, 0.1) is 0 Å². The Morgan fingerprint density at radius 1 is 1.33 bits per heavy atom. The van der Waals surface area contributed by atoms with Crippen LogP contribution in [-0.2, 0) is 4.79 Å². The molecule has 4 nitrogen and oxygen atoms in total. The highest BCUT2D eigenvalue weighted by atomic mass is 19.1. The van der Waals surface area contributed by atoms with Crippen molar-refractivity contribution in [1.82, 2.24) is 10.2 Å². The first-order valence-corrected chi connectivity index (χ1v) is 7.39. The normalized spacial score (nSPS) is 15.0. The van der Waals surface area contributed by atoms with Crippen molar-refractivity contribution in [2.24, 2.45) is 0 Å². The highest BCUT2D eigenvalue weighted by Crippen LogP contribution is 2.23. The molecule has 0 aliphatic heterocycles. The van der Waals surface area contributed by atoms with Crippen molar-refractivity contribution in [3.8, 4) is 0 Å². The van der Waals surface area contributed by atoms with E-state index in [1.807, 2.05) is 4.90 Å². The van der Waals surface area contributed by atoms with Crippen molar-refractivity contribution in [2.45, 2.75) is 38.6 Å². The van der Waals surface area contributed by atoms with E-state index in [0.717, 1.165) is 25.7 Å². The Balaban J connectivity index is 1.84. The van der Waals surface area contributed by atoms with E-state index in [2.05, 4.69) is 5.32 Å². The lowest BCUT2D eigenvalue weighted by Gasteiger charge is -2.27. The van der Waals surface area contributed by atoms with Crippen LogP contribution in [0.15, 0.2) is 24.3 Å². The van der Waals surface area contributed by atoms with Crippen LogP contribution >= 0.6 is 0 Å². The molecule has 21 heavy (non-hydrogen) atoms. The van der Waals surface area contributed by atoms with Gasteiger partial charge in [0.2, 0.25) is 5.91 Å². The van der Waals surface area contributed by atoms with Crippen LogP contribution in [0.5, 0.6) is 0 Å². The summed E-state index contributed by atoms with van der Waals surface area (Å²) < 4.78 is 13.1. The number of carbonyl (C=O) groups is 2. The predicted octanol–water partition coefficient (Wildman–Crippen LogP) is 2.35. The SMILES string of the molecule is CC(=O)N(CCNC(=O)c1cccc(F)c1)C1CCCC1. The van der Waals surface area contributed by atoms with E-state index in [1.54, 1.807) is 13.0 Å². The fourth-order valence-corrected chi connectivity index (χ4v) is 2.83. The average Bonchev–Trinajstić information content (AvgIpc) is 2.96. The average molecular weight is 292 g/mol. The Kier molecular flexibility index (Phi) is 5.31. The van der Waals surface area contributed by atoms with Crippen molar-refractivity contribution in [3.63, 3.8) is 0 Å². The van der Waals surface area contributed by atoms with Gasteiger partial charge in [0.15, 0.2) is 0 Å². The fourth-order valence-electron chi connectivity index (χ4n) is 2.83. The van der Waals surface area contributed by atoms with Gasteiger partial charge in [0.1, 0.15) is 5.82 Å². The Bertz CT molecular complexity index is 513. The zero-order chi connectivity index (χ0) is 15.2. The van der Waals surface area contributed by atoms with Gasteiger partial charge in [-0.15, -0.1) is 0 Å². The molecular formula is C16H21FN2O2. The molecule has 0 heterocycles. The molecule has 2 amide bonds. The lowest BCUT2D eigenvalue weighted by atomic mass is 10.2. The highest BCUT2D eigenvalue weighted by Gasteiger charge is 2.24. The van der Waals surface area contributed by atoms with Crippen LogP contribution in [0.4, 0.5) is 4.39 Å². The summed E-state index contributed by atoms with van der Waals surface area (Å²) >= 11 is 0. The van der Waals surface area contributed by atoms with Gasteiger partial charge >= 0.3 is 0 Å². The van der Waals surface area contributed by atoms with E-state index in [4.69, 9.17) is 0 Å². The third kappa shape index (κ3) is 4.28. The molecule has 0 aromatic heterocycles. The number of hydrogen-bond donors (Lipinski definition) is 1. The summed E-state index contributed by atoms with van der Waals surface area (Å²) in [5.41, 5.74) is 0.297. The number of halogens is 1. The summed E-state index contributed by atoms with van der Waals surface area (Å²) in [5.74, 6) is -0.703. The third-order valence-electron chi connectivity index (χ3n) is 3.90. The molecule has 1 aliphatic rings. The smallest absolute Gasteiger partial charge is 0.251 e. The molecule has 5 heteroatoms. The van der Waals surface area contributed by atoms with Crippen molar-refractivity contribution in [3.05, 3.63) is 35.6 Å². The molecule has 1 saturated carbocycles. The number of rotatable bonds is 5. The van der Waals surface area contributed by atoms with Gasteiger partial charge in [-0.25, -0.2) is 4.39 Å². The number of amides is 2. The van der Waals surface area contributed by atoms with Crippen molar-refractivity contribution in [1.29, 1.82) is 0 Å². The molecule has 0 radical (unpaired) electrons. The largest absolute Gasteiger partial charge is 0.350 e. The summed E-state index contributed by atoms with van der Waals surface area (Å²) in [4.78, 5) is 25.4. The molecule has 1 fully saturated rings. The molecule has 0 saturated heterocycles. The molecule has 1 N–H and O–H groups in total. The first-order valence-electron chi connectivity index (χ1n) is 7.39. The van der Waals surface area contributed by atoms with E-state index in [-0.39, 0.29) is 11.8 Å². The van der Waals surface area contributed by atoms with Crippen LogP contribution in [0.3, 0.4) is 0 Å². The molecule has 1 aliphatic carbocycles. The number of nitrogens with one attached hydrogen (secondary N) is 1. The summed E-state index contributed by atoms with van der Waals surface area (Å²) in [6.07, 6.45) is 4.39. The molecule has 0 bridgehead atoms. The van der Waals surface area contributed by atoms with Gasteiger partial charge in [0, 0.05) is 31.6 Å². The van der Waals surface area contributed by atoms with E-state index in [0.29, 0.717) is 24.7 Å². The first kappa shape index (κ1) is 15.5. The minimum absolute atomic E-state index is 0.0434. The highest BCUT2D eigenvalue weighted by molar-refractivity contribution is 5.94. The Morgan fingerprint density at radius 2 is 2.05 bits per heavy atom. The molecule has 114 valence electrons. The minimum Gasteiger partial charge on any atom is -0.350 e. The second-order valence-corrected chi connectivity index (χ2v) is 5.42. The molecular weight excluding hydrogens is 271 g/mol. The topological polar surface area (TPSA) is 49.4 Å². The number of nitrogens with zero attached hydrogens (tertiary/aromatic N) is 1. The fraction of sp³-hybridized carbons (Fsp3) is 0.500. The maximum absolute atomic E-state index is 13.1. The van der Waals surface area contributed by atoms with Gasteiger partial charge in [-0.05, 0) is 31.0 Å². The van der Waals surface area contributed by atoms with Crippen LogP contribution in [0.25, 0.3) is 0 Å². The molecule has 0 atom stereocenters. The van der Waals surface area contributed by atoms with E-state index in [9.17, 15) is 14.0 Å². The van der Waals surface area contributed by atoms with Gasteiger partial charge < -0.3 is 10.2 Å². The van der Waals surface area contributed by atoms with E-state index in [1.165, 1.54) is 18.2 Å². The number of benzene rings is 1. The van der Waals surface area contributed by atoms with Crippen LogP contribution in [0.1, 0.15) is 43.0 Å². The van der Waals surface area contributed by atoms with E-state index < -0.39 is 5.82 Å². The van der Waals surface area contributed by atoms with Crippen molar-refractivity contribution in [2.75, 3.05) is 13.1 Å². The van der Waals surface area contributed by atoms with Crippen molar-refractivity contribution < 1.29 is 14.0 Å². The summed E-state index contributed by atoms with van der Waals surface area (Å²) in [7, 11) is 0. The number of carbonyl (C=O) groups excluding carboxylic acids is 2. The lowest BCUT2D eigenvalue weighted by molar-refractivity contribution is -0.130. The van der Waals surface area contributed by atoms with Gasteiger partial charge in [0.25, 0.3) is 5.91 Å². The quantitative estimate of drug-likeness (QED) is 0.905. The molecule has 0 spiro atoms. The number of hydrogen-bond acceptors (Lipinski definition) is 2. The summed E-state index contributed by atoms with van der Waals surface area (Å²) in [6.45, 7) is 2.44. The second kappa shape index (κ2) is 7.20. The monoisotopic (exact) mass is 292 g/mol. The molecule has 2 rings (SSSR count). The van der Waals surface area contributed by atoms with Crippen LogP contribution < -0.4 is 5.32 Å². The minimum atomic E-state index is -0.432. The summed E-state index contributed by atoms with van der Waals surface area (Å²) in [6, 6.07) is 5.88. The third-order valence-corrected chi connectivity index (χ3v) is 3.90. The maximum Gasteiger partial charge on any atom is 0.251 e. The Labute approximate surface area is 124 Å². The van der Waals surface area contributed by atoms with Crippen LogP contribution in [0, 0.1) is 5.82 Å². The summed E-state index contributed by atoms with van der Waals surface area (Å²) in [5, 5.41) is 2.74. The standard InChI is InChI=1S/C16H21FN2O2/c1-12(20)19(15-7-2-3-8-15)10-9-18-16(21)13-5-4-6-14(17)11-13/h4-6,11,15H,2-3,7-10H2,1H3,(H,18,21). The zero-order valence-electron chi connectivity index (χ0n) is 12.3. The van der Waals surface area contributed by atoms with Crippen LogP contribution in [-0.4, -0.2) is 35.8 Å². The Hall–Kier alpha value is -1.91. The van der Waals surface area contributed by atoms with Crippen molar-refractivity contribution >= 4 is 11.8 Å². The van der Waals surface area contributed by atoms with Crippen LogP contribution in [0.2, 0.25) is 0 Å². The molecule has 1 aromatic carbocycles.